The standard InChI is InChI=1S/C15H20F3NO2S/c1-14(19-2)8-6-12(7-9-14)22(20,21)13-5-3-4-11(10-13)15(16,17)18/h3-5,10,12,19H,6-9H2,1-2H3. The molecule has 1 N–H and O–H groups in total. The molecule has 0 unspecified atom stereocenters. The van der Waals surface area contributed by atoms with Crippen LogP contribution < -0.4 is 5.32 Å². The van der Waals surface area contributed by atoms with Crippen LogP contribution in [0.25, 0.3) is 0 Å². The Morgan fingerprint density at radius 2 is 1.82 bits per heavy atom. The van der Waals surface area contributed by atoms with Crippen LogP contribution >= 0.6 is 0 Å². The van der Waals surface area contributed by atoms with Crippen LogP contribution in [0.3, 0.4) is 0 Å². The van der Waals surface area contributed by atoms with E-state index in [-0.39, 0.29) is 10.4 Å². The molecule has 7 heteroatoms. The van der Waals surface area contributed by atoms with Crippen LogP contribution in [0.2, 0.25) is 0 Å². The molecule has 22 heavy (non-hydrogen) atoms. The van der Waals surface area contributed by atoms with Gasteiger partial charge >= 0.3 is 6.18 Å². The smallest absolute Gasteiger partial charge is 0.315 e. The van der Waals surface area contributed by atoms with Crippen LogP contribution in [0.15, 0.2) is 29.2 Å². The van der Waals surface area contributed by atoms with Crippen molar-refractivity contribution >= 4 is 9.84 Å². The molecule has 0 atom stereocenters. The SMILES string of the molecule is CNC1(C)CCC(S(=O)(=O)c2cccc(C(F)(F)F)c2)CC1. The summed E-state index contributed by atoms with van der Waals surface area (Å²) in [5.41, 5.74) is -1.02. The van der Waals surface area contributed by atoms with E-state index in [2.05, 4.69) is 5.32 Å². The van der Waals surface area contributed by atoms with Gasteiger partial charge in [-0.2, -0.15) is 13.2 Å². The van der Waals surface area contributed by atoms with Crippen LogP contribution in [0.5, 0.6) is 0 Å². The summed E-state index contributed by atoms with van der Waals surface area (Å²) in [6.07, 6.45) is -2.26. The number of hydrogen-bond donors (Lipinski definition) is 1. The van der Waals surface area contributed by atoms with Crippen molar-refractivity contribution in [2.75, 3.05) is 7.05 Å². The van der Waals surface area contributed by atoms with Gasteiger partial charge in [-0.3, -0.25) is 0 Å². The van der Waals surface area contributed by atoms with E-state index in [1.54, 1.807) is 0 Å². The summed E-state index contributed by atoms with van der Waals surface area (Å²) in [4.78, 5) is -0.236. The molecule has 0 bridgehead atoms. The average molecular weight is 335 g/mol. The van der Waals surface area contributed by atoms with Crippen LogP contribution in [0.1, 0.15) is 38.2 Å². The fourth-order valence-corrected chi connectivity index (χ4v) is 4.63. The van der Waals surface area contributed by atoms with E-state index in [4.69, 9.17) is 0 Å². The fourth-order valence-electron chi connectivity index (χ4n) is 2.83. The van der Waals surface area contributed by atoms with E-state index in [0.29, 0.717) is 25.7 Å². The Hall–Kier alpha value is -1.08. The summed E-state index contributed by atoms with van der Waals surface area (Å²) in [5.74, 6) is 0. The Morgan fingerprint density at radius 3 is 2.32 bits per heavy atom. The molecule has 0 amide bonds. The van der Waals surface area contributed by atoms with Crippen molar-refractivity contribution in [3.63, 3.8) is 0 Å². The Kier molecular flexibility index (Phi) is 4.59. The minimum Gasteiger partial charge on any atom is -0.315 e. The molecule has 0 saturated heterocycles. The highest BCUT2D eigenvalue weighted by Gasteiger charge is 2.38. The molecule has 2 rings (SSSR count). The zero-order valence-electron chi connectivity index (χ0n) is 12.6. The monoisotopic (exact) mass is 335 g/mol. The maximum absolute atomic E-state index is 12.7. The lowest BCUT2D eigenvalue weighted by molar-refractivity contribution is -0.137. The normalized spacial score (nSPS) is 26.9. The van der Waals surface area contributed by atoms with Gasteiger partial charge < -0.3 is 5.32 Å². The number of hydrogen-bond acceptors (Lipinski definition) is 3. The van der Waals surface area contributed by atoms with E-state index in [1.165, 1.54) is 6.07 Å². The first-order chi connectivity index (χ1) is 10.1. The van der Waals surface area contributed by atoms with Gasteiger partial charge in [-0.05, 0) is 57.9 Å². The zero-order chi connectivity index (χ0) is 16.6. The van der Waals surface area contributed by atoms with Gasteiger partial charge in [0.15, 0.2) is 9.84 Å². The number of sulfone groups is 1. The Balaban J connectivity index is 2.25. The van der Waals surface area contributed by atoms with Crippen molar-refractivity contribution in [2.24, 2.45) is 0 Å². The molecule has 3 nitrogen and oxygen atoms in total. The first kappa shape index (κ1) is 17.3. The molecule has 0 radical (unpaired) electrons. The predicted molar refractivity (Wildman–Crippen MR) is 78.4 cm³/mol. The maximum atomic E-state index is 12.7. The molecule has 0 heterocycles. The number of alkyl halides is 3. The molecule has 1 aliphatic carbocycles. The first-order valence-electron chi connectivity index (χ1n) is 7.19. The van der Waals surface area contributed by atoms with Crippen molar-refractivity contribution in [1.82, 2.24) is 5.32 Å². The second-order valence-electron chi connectivity index (χ2n) is 6.08. The summed E-state index contributed by atoms with van der Waals surface area (Å²) in [6.45, 7) is 2.03. The summed E-state index contributed by atoms with van der Waals surface area (Å²) < 4.78 is 63.4. The third-order valence-corrected chi connectivity index (χ3v) is 6.83. The van der Waals surface area contributed by atoms with Gasteiger partial charge in [-0.25, -0.2) is 8.42 Å². The van der Waals surface area contributed by atoms with Crippen LogP contribution in [-0.4, -0.2) is 26.3 Å². The number of nitrogens with one attached hydrogen (secondary N) is 1. The predicted octanol–water partition coefficient (Wildman–Crippen LogP) is 3.40. The highest BCUT2D eigenvalue weighted by Crippen LogP contribution is 2.36. The molecule has 1 aliphatic rings. The van der Waals surface area contributed by atoms with Gasteiger partial charge in [-0.1, -0.05) is 6.07 Å². The third-order valence-electron chi connectivity index (χ3n) is 4.57. The molecule has 1 aromatic rings. The highest BCUT2D eigenvalue weighted by atomic mass is 32.2. The van der Waals surface area contributed by atoms with Crippen LogP contribution in [0, 0.1) is 0 Å². The van der Waals surface area contributed by atoms with Gasteiger partial charge in [0.25, 0.3) is 0 Å². The number of benzene rings is 1. The molecule has 1 fully saturated rings. The Bertz CT molecular complexity index is 632. The largest absolute Gasteiger partial charge is 0.416 e. The first-order valence-corrected chi connectivity index (χ1v) is 8.73. The second-order valence-corrected chi connectivity index (χ2v) is 8.31. The Morgan fingerprint density at radius 1 is 1.23 bits per heavy atom. The lowest BCUT2D eigenvalue weighted by atomic mass is 9.83. The molecule has 0 aliphatic heterocycles. The van der Waals surface area contributed by atoms with Gasteiger partial charge in [0.2, 0.25) is 0 Å². The van der Waals surface area contributed by atoms with E-state index in [1.807, 2.05) is 14.0 Å². The van der Waals surface area contributed by atoms with Crippen LogP contribution in [-0.2, 0) is 16.0 Å². The second kappa shape index (κ2) is 5.85. The molecule has 1 aromatic carbocycles. The van der Waals surface area contributed by atoms with Crippen LogP contribution in [0.4, 0.5) is 13.2 Å². The maximum Gasteiger partial charge on any atom is 0.416 e. The summed E-state index contributed by atoms with van der Waals surface area (Å²) in [7, 11) is -1.90. The van der Waals surface area contributed by atoms with E-state index >= 15 is 0 Å². The number of halogens is 3. The average Bonchev–Trinajstić information content (AvgIpc) is 2.47. The molecule has 124 valence electrons. The van der Waals surface area contributed by atoms with E-state index in [9.17, 15) is 21.6 Å². The minimum absolute atomic E-state index is 0.0974. The molecule has 0 aromatic heterocycles. The highest BCUT2D eigenvalue weighted by molar-refractivity contribution is 7.92. The summed E-state index contributed by atoms with van der Waals surface area (Å²) in [5, 5.41) is 2.56. The van der Waals surface area contributed by atoms with Crippen molar-refractivity contribution in [3.8, 4) is 0 Å². The minimum atomic E-state index is -4.54. The van der Waals surface area contributed by atoms with E-state index in [0.717, 1.165) is 18.2 Å². The molecule has 0 spiro atoms. The lowest BCUT2D eigenvalue weighted by Crippen LogP contribution is -2.45. The van der Waals surface area contributed by atoms with Gasteiger partial charge in [0.05, 0.1) is 15.7 Å². The molecular weight excluding hydrogens is 315 g/mol. The quantitative estimate of drug-likeness (QED) is 0.921. The Labute approximate surface area is 128 Å². The van der Waals surface area contributed by atoms with Crippen molar-refractivity contribution in [3.05, 3.63) is 29.8 Å². The van der Waals surface area contributed by atoms with Gasteiger partial charge in [-0.15, -0.1) is 0 Å². The van der Waals surface area contributed by atoms with Crippen molar-refractivity contribution in [2.45, 2.75) is 54.5 Å². The summed E-state index contributed by atoms with van der Waals surface area (Å²) in [6, 6.07) is 4.02. The van der Waals surface area contributed by atoms with E-state index < -0.39 is 26.8 Å². The lowest BCUT2D eigenvalue weighted by Gasteiger charge is -2.36. The van der Waals surface area contributed by atoms with Crippen molar-refractivity contribution < 1.29 is 21.6 Å². The zero-order valence-corrected chi connectivity index (χ0v) is 13.4. The summed E-state index contributed by atoms with van der Waals surface area (Å²) >= 11 is 0. The number of rotatable bonds is 3. The topological polar surface area (TPSA) is 46.2 Å². The fraction of sp³-hybridized carbons (Fsp3) is 0.600. The molecule has 1 saturated carbocycles. The van der Waals surface area contributed by atoms with Crippen molar-refractivity contribution in [1.29, 1.82) is 0 Å². The third kappa shape index (κ3) is 3.46. The van der Waals surface area contributed by atoms with Gasteiger partial charge in [0.1, 0.15) is 0 Å². The van der Waals surface area contributed by atoms with Gasteiger partial charge in [0, 0.05) is 5.54 Å². The molecular formula is C15H20F3NO2S.